The van der Waals surface area contributed by atoms with Gasteiger partial charge in [0.1, 0.15) is 12.3 Å². The Balaban J connectivity index is 2.07. The van der Waals surface area contributed by atoms with Crippen LogP contribution in [0.25, 0.3) is 0 Å². The number of allylic oxidation sites excluding steroid dienone is 1. The van der Waals surface area contributed by atoms with Gasteiger partial charge in [0.25, 0.3) is 5.56 Å². The molecule has 5 unspecified atom stereocenters. The summed E-state index contributed by atoms with van der Waals surface area (Å²) in [5.41, 5.74) is 4.03. The average Bonchev–Trinajstić information content (AvgIpc) is 2.99. The summed E-state index contributed by atoms with van der Waals surface area (Å²) < 4.78 is 51.7. The van der Waals surface area contributed by atoms with Gasteiger partial charge in [-0.25, -0.2) is 18.5 Å². The number of aliphatic hydroxyl groups excluding tert-OH is 1. The molecule has 1 aromatic rings. The van der Waals surface area contributed by atoms with Gasteiger partial charge < -0.3 is 35.2 Å². The SMILES string of the molecule is NCC=CCc1cn(C2CC(O)C(COP(=O)(O)OP(=O)(O)OP(=O)(O)O)O2)c(=O)[nH]c1=O. The van der Waals surface area contributed by atoms with Gasteiger partial charge in [0.05, 0.1) is 12.7 Å². The minimum Gasteiger partial charge on any atom is -0.390 e. The Hall–Kier alpha value is -1.29. The molecule has 1 aliphatic rings. The number of hydrogen-bond acceptors (Lipinski definition) is 11. The molecule has 17 nitrogen and oxygen atoms in total. The molecule has 0 amide bonds. The number of aromatic amines is 1. The fourth-order valence-electron chi connectivity index (χ4n) is 2.70. The lowest BCUT2D eigenvalue weighted by Crippen LogP contribution is -2.34. The van der Waals surface area contributed by atoms with E-state index in [2.05, 4.69) is 18.1 Å². The zero-order chi connectivity index (χ0) is 25.0. The van der Waals surface area contributed by atoms with Crippen LogP contribution in [0.5, 0.6) is 0 Å². The Morgan fingerprint density at radius 1 is 1.15 bits per heavy atom. The van der Waals surface area contributed by atoms with E-state index in [9.17, 15) is 33.3 Å². The lowest BCUT2D eigenvalue weighted by Gasteiger charge is -2.19. The standard InChI is InChI=1S/C13H22N3O14P3/c14-4-2-1-3-8-6-16(13(19)15-12(8)18)11-5-9(17)10(28-11)7-27-32(23,24)30-33(25,26)29-31(20,21)22/h1-2,6,9-11,17H,3-5,7,14H2,(H,23,24)(H,25,26)(H,15,18,19)(H2,20,21,22). The number of nitrogens with two attached hydrogens (primary N) is 1. The van der Waals surface area contributed by atoms with Crippen molar-refractivity contribution < 1.29 is 56.3 Å². The molecule has 1 fully saturated rings. The van der Waals surface area contributed by atoms with Gasteiger partial charge in [-0.1, -0.05) is 12.2 Å². The minimum atomic E-state index is -5.70. The van der Waals surface area contributed by atoms with E-state index in [1.54, 1.807) is 12.2 Å². The number of rotatable bonds is 11. The maximum absolute atomic E-state index is 12.1. The van der Waals surface area contributed by atoms with E-state index in [0.717, 1.165) is 4.57 Å². The monoisotopic (exact) mass is 537 g/mol. The van der Waals surface area contributed by atoms with Crippen LogP contribution in [-0.4, -0.2) is 59.6 Å². The Morgan fingerprint density at radius 3 is 2.42 bits per heavy atom. The summed E-state index contributed by atoms with van der Waals surface area (Å²) in [4.78, 5) is 61.8. The Bertz CT molecular complexity index is 1130. The minimum absolute atomic E-state index is 0.150. The number of nitrogens with zero attached hydrogens (tertiary/aromatic N) is 1. The van der Waals surface area contributed by atoms with Gasteiger partial charge in [-0.3, -0.25) is 18.9 Å². The van der Waals surface area contributed by atoms with Gasteiger partial charge in [0.15, 0.2) is 0 Å². The Morgan fingerprint density at radius 2 is 1.82 bits per heavy atom. The lowest BCUT2D eigenvalue weighted by molar-refractivity contribution is -0.0450. The Kier molecular flexibility index (Phi) is 9.29. The number of ether oxygens (including phenoxy) is 1. The van der Waals surface area contributed by atoms with Gasteiger partial charge in [-0.15, -0.1) is 0 Å². The largest absolute Gasteiger partial charge is 0.490 e. The van der Waals surface area contributed by atoms with Gasteiger partial charge >= 0.3 is 29.2 Å². The number of H-pyrrole nitrogens is 1. The quantitative estimate of drug-likeness (QED) is 0.126. The molecule has 5 atom stereocenters. The van der Waals surface area contributed by atoms with Crippen LogP contribution in [0.2, 0.25) is 0 Å². The normalized spacial score (nSPS) is 25.2. The van der Waals surface area contributed by atoms with Crippen molar-refractivity contribution in [2.24, 2.45) is 5.73 Å². The fraction of sp³-hybridized carbons (Fsp3) is 0.538. The third kappa shape index (κ3) is 8.77. The van der Waals surface area contributed by atoms with Crippen LogP contribution >= 0.6 is 23.5 Å². The van der Waals surface area contributed by atoms with E-state index in [-0.39, 0.29) is 24.9 Å². The summed E-state index contributed by atoms with van der Waals surface area (Å²) in [6.07, 6.45) is 0.576. The second-order valence-corrected chi connectivity index (χ2v) is 11.0. The molecule has 0 saturated carbocycles. The predicted octanol–water partition coefficient (Wildman–Crippen LogP) is -1.41. The summed E-state index contributed by atoms with van der Waals surface area (Å²) in [6, 6.07) is 0. The molecule has 20 heteroatoms. The van der Waals surface area contributed by atoms with Crippen LogP contribution in [-0.2, 0) is 38.0 Å². The molecule has 0 aromatic carbocycles. The number of aromatic nitrogens is 2. The first-order valence-corrected chi connectivity index (χ1v) is 13.5. The Labute approximate surface area is 184 Å². The number of nitrogens with one attached hydrogen (secondary N) is 1. The van der Waals surface area contributed by atoms with Crippen molar-refractivity contribution in [3.63, 3.8) is 0 Å². The van der Waals surface area contributed by atoms with Gasteiger partial charge in [0.2, 0.25) is 0 Å². The van der Waals surface area contributed by atoms with Crippen molar-refractivity contribution >= 4 is 23.5 Å². The molecule has 1 aromatic heterocycles. The second-order valence-electron chi connectivity index (χ2n) is 6.55. The van der Waals surface area contributed by atoms with Crippen molar-refractivity contribution in [2.45, 2.75) is 31.3 Å². The van der Waals surface area contributed by atoms with E-state index >= 15 is 0 Å². The third-order valence-electron chi connectivity index (χ3n) is 4.01. The van der Waals surface area contributed by atoms with Crippen LogP contribution < -0.4 is 17.0 Å². The van der Waals surface area contributed by atoms with Gasteiger partial charge in [0, 0.05) is 24.7 Å². The van der Waals surface area contributed by atoms with Crippen LogP contribution in [0.4, 0.5) is 0 Å². The van der Waals surface area contributed by atoms with Crippen LogP contribution in [0.3, 0.4) is 0 Å². The summed E-state index contributed by atoms with van der Waals surface area (Å²) >= 11 is 0. The second kappa shape index (κ2) is 11.0. The maximum atomic E-state index is 12.1. The summed E-state index contributed by atoms with van der Waals surface area (Å²) in [6.45, 7) is -0.654. The van der Waals surface area contributed by atoms with Crippen molar-refractivity contribution in [2.75, 3.05) is 13.2 Å². The molecule has 0 aliphatic carbocycles. The smallest absolute Gasteiger partial charge is 0.390 e. The highest BCUT2D eigenvalue weighted by Crippen LogP contribution is 2.66. The van der Waals surface area contributed by atoms with E-state index in [4.69, 9.17) is 25.2 Å². The van der Waals surface area contributed by atoms with E-state index in [1.165, 1.54) is 6.20 Å². The number of aliphatic hydroxyl groups is 1. The van der Waals surface area contributed by atoms with Gasteiger partial charge in [-0.05, 0) is 6.42 Å². The summed E-state index contributed by atoms with van der Waals surface area (Å²) in [7, 11) is -16.7. The topological polar surface area (TPSA) is 270 Å². The highest BCUT2D eigenvalue weighted by atomic mass is 31.3. The van der Waals surface area contributed by atoms with Crippen LogP contribution in [0.15, 0.2) is 27.9 Å². The molecule has 1 saturated heterocycles. The first kappa shape index (κ1) is 28.0. The zero-order valence-electron chi connectivity index (χ0n) is 16.6. The van der Waals surface area contributed by atoms with Crippen molar-refractivity contribution in [3.05, 3.63) is 44.8 Å². The van der Waals surface area contributed by atoms with E-state index in [0.29, 0.717) is 0 Å². The first-order valence-electron chi connectivity index (χ1n) is 8.94. The highest BCUT2D eigenvalue weighted by molar-refractivity contribution is 7.66. The molecule has 0 spiro atoms. The van der Waals surface area contributed by atoms with E-state index < -0.39 is 59.8 Å². The fourth-order valence-corrected chi connectivity index (χ4v) is 5.73. The molecule has 0 radical (unpaired) electrons. The highest BCUT2D eigenvalue weighted by Gasteiger charge is 2.43. The predicted molar refractivity (Wildman–Crippen MR) is 108 cm³/mol. The van der Waals surface area contributed by atoms with Crippen LogP contribution in [0, 0.1) is 0 Å². The molecule has 188 valence electrons. The lowest BCUT2D eigenvalue weighted by atomic mass is 10.2. The number of phosphoric ester groups is 1. The molecule has 1 aliphatic heterocycles. The molecular formula is C13H22N3O14P3. The molecule has 2 rings (SSSR count). The maximum Gasteiger partial charge on any atom is 0.490 e. The average molecular weight is 537 g/mol. The molecule has 33 heavy (non-hydrogen) atoms. The van der Waals surface area contributed by atoms with E-state index in [1.807, 2.05) is 0 Å². The summed E-state index contributed by atoms with van der Waals surface area (Å²) in [5, 5.41) is 10.1. The number of hydrogen-bond donors (Lipinski definition) is 7. The van der Waals surface area contributed by atoms with Crippen molar-refractivity contribution in [3.8, 4) is 0 Å². The van der Waals surface area contributed by atoms with Crippen LogP contribution in [0.1, 0.15) is 18.2 Å². The molecule has 0 bridgehead atoms. The molecule has 2 heterocycles. The van der Waals surface area contributed by atoms with Crippen molar-refractivity contribution in [1.29, 1.82) is 0 Å². The van der Waals surface area contributed by atoms with Crippen molar-refractivity contribution in [1.82, 2.24) is 9.55 Å². The zero-order valence-corrected chi connectivity index (χ0v) is 19.3. The first-order chi connectivity index (χ1) is 15.1. The molecular weight excluding hydrogens is 515 g/mol. The third-order valence-corrected chi connectivity index (χ3v) is 7.82. The number of phosphoric acid groups is 3. The molecule has 8 N–H and O–H groups in total. The van der Waals surface area contributed by atoms with Gasteiger partial charge in [-0.2, -0.15) is 8.62 Å². The summed E-state index contributed by atoms with van der Waals surface area (Å²) in [5.74, 6) is 0.